The van der Waals surface area contributed by atoms with Crippen LogP contribution in [-0.2, 0) is 28.6 Å². The Morgan fingerprint density at radius 1 is 0.310 bits per heavy atom. The van der Waals surface area contributed by atoms with Gasteiger partial charge in [-0.15, -0.1) is 0 Å². The molecule has 0 spiro atoms. The van der Waals surface area contributed by atoms with Gasteiger partial charge in [-0.2, -0.15) is 0 Å². The largest absolute Gasteiger partial charge is 0.462 e. The van der Waals surface area contributed by atoms with Crippen LogP contribution in [0.5, 0.6) is 0 Å². The molecule has 0 amide bonds. The van der Waals surface area contributed by atoms with Crippen molar-refractivity contribution < 1.29 is 28.6 Å². The van der Waals surface area contributed by atoms with Crippen molar-refractivity contribution in [1.29, 1.82) is 0 Å². The van der Waals surface area contributed by atoms with E-state index in [-0.39, 0.29) is 31.1 Å². The van der Waals surface area contributed by atoms with Gasteiger partial charge < -0.3 is 14.2 Å². The Bertz CT molecular complexity index is 1460. The second-order valence-electron chi connectivity index (χ2n) is 19.2. The van der Waals surface area contributed by atoms with Crippen molar-refractivity contribution in [3.63, 3.8) is 0 Å². The SMILES string of the molecule is CC/C=C\C/C=C\C/C=C\C/C=C\CCCCCC(=O)OCC(COC(=O)CCCCCCCCCCC/C=C\C/C=C\C/C=C\CC)OC(=O)CCCCCCC/C=C\C=C/CCCCCCCCC. The maximum Gasteiger partial charge on any atom is 0.306 e. The molecule has 0 aliphatic heterocycles. The fourth-order valence-electron chi connectivity index (χ4n) is 7.91. The summed E-state index contributed by atoms with van der Waals surface area (Å²) in [7, 11) is 0. The van der Waals surface area contributed by atoms with Crippen LogP contribution < -0.4 is 0 Å². The lowest BCUT2D eigenvalue weighted by atomic mass is 10.1. The van der Waals surface area contributed by atoms with Crippen LogP contribution in [0.25, 0.3) is 0 Å². The quantitative estimate of drug-likeness (QED) is 0.0199. The van der Waals surface area contributed by atoms with Gasteiger partial charge in [-0.3, -0.25) is 14.4 Å². The van der Waals surface area contributed by atoms with Gasteiger partial charge in [0.25, 0.3) is 0 Å². The molecular formula is C65H108O6. The van der Waals surface area contributed by atoms with E-state index in [0.717, 1.165) is 128 Å². The van der Waals surface area contributed by atoms with Gasteiger partial charge in [-0.05, 0) is 116 Å². The molecule has 0 aliphatic carbocycles. The minimum atomic E-state index is -0.805. The van der Waals surface area contributed by atoms with Gasteiger partial charge >= 0.3 is 17.9 Å². The second-order valence-corrected chi connectivity index (χ2v) is 19.2. The van der Waals surface area contributed by atoms with Gasteiger partial charge in [-0.25, -0.2) is 0 Å². The standard InChI is InChI=1S/C65H108O6/c1-4-7-10-13-16-19-22-25-28-31-33-35-37-40-43-46-49-52-55-58-64(67)70-61-62(60-69-63(66)57-54-51-48-45-42-39-36-30-27-24-21-18-15-12-9-6-3)71-65(68)59-56-53-50-47-44-41-38-34-32-29-26-23-20-17-14-11-8-5-2/h7,9-10,12,16,18-19,21,25,27-30,32,34,38-39,42,62H,4-6,8,11,13-15,17,20,22-24,26,31,33,35-37,40-41,43-61H2,1-3H3/b10-7-,12-9-,19-16-,21-18-,28-25-,30-27-,32-29-,38-34-,42-39-. The number of unbranched alkanes of at least 4 members (excludes halogenated alkanes) is 24. The van der Waals surface area contributed by atoms with Crippen molar-refractivity contribution in [1.82, 2.24) is 0 Å². The lowest BCUT2D eigenvalue weighted by Crippen LogP contribution is -2.30. The van der Waals surface area contributed by atoms with Crippen LogP contribution in [0.15, 0.2) is 109 Å². The van der Waals surface area contributed by atoms with Crippen molar-refractivity contribution in [2.75, 3.05) is 13.2 Å². The third kappa shape index (κ3) is 56.9. The fourth-order valence-corrected chi connectivity index (χ4v) is 7.91. The Morgan fingerprint density at radius 3 is 0.958 bits per heavy atom. The van der Waals surface area contributed by atoms with Crippen molar-refractivity contribution in [2.45, 2.75) is 271 Å². The molecule has 0 saturated carbocycles. The van der Waals surface area contributed by atoms with Gasteiger partial charge in [0.2, 0.25) is 0 Å². The minimum Gasteiger partial charge on any atom is -0.462 e. The summed E-state index contributed by atoms with van der Waals surface area (Å²) in [6, 6.07) is 0. The molecule has 0 aliphatic rings. The summed E-state index contributed by atoms with van der Waals surface area (Å²) in [4.78, 5) is 38.2. The highest BCUT2D eigenvalue weighted by atomic mass is 16.6. The molecule has 0 saturated heterocycles. The highest BCUT2D eigenvalue weighted by Gasteiger charge is 2.19. The number of hydrogen-bond donors (Lipinski definition) is 0. The second kappa shape index (κ2) is 58.6. The van der Waals surface area contributed by atoms with E-state index in [4.69, 9.17) is 14.2 Å². The van der Waals surface area contributed by atoms with Crippen molar-refractivity contribution in [3.05, 3.63) is 109 Å². The predicted octanol–water partition coefficient (Wildman–Crippen LogP) is 19.9. The van der Waals surface area contributed by atoms with E-state index in [1.807, 2.05) is 0 Å². The third-order valence-electron chi connectivity index (χ3n) is 12.3. The Labute approximate surface area is 438 Å². The van der Waals surface area contributed by atoms with E-state index in [0.29, 0.717) is 19.3 Å². The first kappa shape index (κ1) is 67.1. The van der Waals surface area contributed by atoms with Crippen LogP contribution in [0.4, 0.5) is 0 Å². The summed E-state index contributed by atoms with van der Waals surface area (Å²) in [5.74, 6) is -0.949. The zero-order chi connectivity index (χ0) is 51.4. The van der Waals surface area contributed by atoms with E-state index in [2.05, 4.69) is 130 Å². The number of carbonyl (C=O) groups excluding carboxylic acids is 3. The molecule has 0 bridgehead atoms. The van der Waals surface area contributed by atoms with Gasteiger partial charge in [0.15, 0.2) is 6.10 Å². The number of hydrogen-bond acceptors (Lipinski definition) is 6. The molecule has 0 fully saturated rings. The molecule has 6 heteroatoms. The first-order chi connectivity index (χ1) is 35.0. The van der Waals surface area contributed by atoms with Crippen LogP contribution in [0.3, 0.4) is 0 Å². The maximum absolute atomic E-state index is 12.9. The summed E-state index contributed by atoms with van der Waals surface area (Å²) in [6.45, 7) is 6.37. The zero-order valence-electron chi connectivity index (χ0n) is 46.2. The average molecular weight is 986 g/mol. The lowest BCUT2D eigenvalue weighted by Gasteiger charge is -2.18. The van der Waals surface area contributed by atoms with Gasteiger partial charge in [0, 0.05) is 19.3 Å². The first-order valence-corrected chi connectivity index (χ1v) is 29.4. The average Bonchev–Trinajstić information content (AvgIpc) is 3.37. The highest BCUT2D eigenvalue weighted by Crippen LogP contribution is 2.14. The molecule has 404 valence electrons. The molecule has 0 aromatic rings. The molecule has 1 unspecified atom stereocenters. The van der Waals surface area contributed by atoms with Crippen molar-refractivity contribution in [3.8, 4) is 0 Å². The Balaban J connectivity index is 4.47. The summed E-state index contributed by atoms with van der Waals surface area (Å²) in [6.07, 6.45) is 79.3. The molecule has 0 N–H and O–H groups in total. The molecule has 6 nitrogen and oxygen atoms in total. The summed E-state index contributed by atoms with van der Waals surface area (Å²) in [5.41, 5.74) is 0. The van der Waals surface area contributed by atoms with Crippen LogP contribution in [0.2, 0.25) is 0 Å². The fraction of sp³-hybridized carbons (Fsp3) is 0.677. The van der Waals surface area contributed by atoms with E-state index in [1.54, 1.807) is 0 Å². The summed E-state index contributed by atoms with van der Waals surface area (Å²) >= 11 is 0. The third-order valence-corrected chi connectivity index (χ3v) is 12.3. The Kier molecular flexibility index (Phi) is 55.4. The molecule has 71 heavy (non-hydrogen) atoms. The predicted molar refractivity (Wildman–Crippen MR) is 307 cm³/mol. The van der Waals surface area contributed by atoms with Crippen molar-refractivity contribution >= 4 is 17.9 Å². The molecule has 0 heterocycles. The Morgan fingerprint density at radius 2 is 0.592 bits per heavy atom. The zero-order valence-corrected chi connectivity index (χ0v) is 46.2. The van der Waals surface area contributed by atoms with Crippen LogP contribution in [-0.4, -0.2) is 37.2 Å². The topological polar surface area (TPSA) is 78.9 Å². The first-order valence-electron chi connectivity index (χ1n) is 29.4. The molecule has 0 radical (unpaired) electrons. The smallest absolute Gasteiger partial charge is 0.306 e. The van der Waals surface area contributed by atoms with E-state index >= 15 is 0 Å². The van der Waals surface area contributed by atoms with E-state index < -0.39 is 6.10 Å². The minimum absolute atomic E-state index is 0.0989. The maximum atomic E-state index is 12.9. The summed E-state index contributed by atoms with van der Waals surface area (Å²) < 4.78 is 16.8. The van der Waals surface area contributed by atoms with Crippen LogP contribution in [0, 0.1) is 0 Å². The summed E-state index contributed by atoms with van der Waals surface area (Å²) in [5, 5.41) is 0. The number of rotatable bonds is 52. The van der Waals surface area contributed by atoms with Gasteiger partial charge in [0.1, 0.15) is 13.2 Å². The number of allylic oxidation sites excluding steroid dienone is 18. The monoisotopic (exact) mass is 985 g/mol. The van der Waals surface area contributed by atoms with Crippen molar-refractivity contribution in [2.24, 2.45) is 0 Å². The normalized spacial score (nSPS) is 12.9. The van der Waals surface area contributed by atoms with Crippen LogP contribution >= 0.6 is 0 Å². The molecule has 1 atom stereocenters. The molecular weight excluding hydrogens is 877 g/mol. The number of esters is 3. The number of carbonyl (C=O) groups is 3. The van der Waals surface area contributed by atoms with Gasteiger partial charge in [0.05, 0.1) is 0 Å². The lowest BCUT2D eigenvalue weighted by molar-refractivity contribution is -0.167. The molecule has 0 aromatic carbocycles. The van der Waals surface area contributed by atoms with E-state index in [9.17, 15) is 14.4 Å². The molecule has 0 aromatic heterocycles. The van der Waals surface area contributed by atoms with Crippen LogP contribution in [0.1, 0.15) is 265 Å². The number of ether oxygens (including phenoxy) is 3. The van der Waals surface area contributed by atoms with E-state index in [1.165, 1.54) is 96.3 Å². The molecule has 0 rings (SSSR count). The van der Waals surface area contributed by atoms with Gasteiger partial charge in [-0.1, -0.05) is 239 Å². The Hall–Kier alpha value is -3.93. The highest BCUT2D eigenvalue weighted by molar-refractivity contribution is 5.71.